The third kappa shape index (κ3) is 2.19. The van der Waals surface area contributed by atoms with Gasteiger partial charge in [-0.2, -0.15) is 0 Å². The molecule has 0 radical (unpaired) electrons. The van der Waals surface area contributed by atoms with Crippen molar-refractivity contribution in [2.75, 3.05) is 0 Å². The van der Waals surface area contributed by atoms with E-state index in [9.17, 15) is 5.11 Å². The summed E-state index contributed by atoms with van der Waals surface area (Å²) in [6.07, 6.45) is 0.740. The summed E-state index contributed by atoms with van der Waals surface area (Å²) in [5.74, 6) is 5.35. The summed E-state index contributed by atoms with van der Waals surface area (Å²) in [6.45, 7) is 3.19. The van der Waals surface area contributed by atoms with Crippen molar-refractivity contribution < 1.29 is 5.11 Å². The van der Waals surface area contributed by atoms with Gasteiger partial charge in [-0.15, -0.1) is 23.2 Å². The molecule has 7 heteroatoms. The van der Waals surface area contributed by atoms with Crippen LogP contribution in [-0.4, -0.2) is 24.8 Å². The minimum atomic E-state index is -1.50. The topological polar surface area (TPSA) is 20.2 Å². The van der Waals surface area contributed by atoms with Crippen molar-refractivity contribution in [3.8, 4) is 11.8 Å². The van der Waals surface area contributed by atoms with E-state index in [0.29, 0.717) is 12.8 Å². The fourth-order valence-electron chi connectivity index (χ4n) is 2.63. The highest BCUT2D eigenvalue weighted by Gasteiger charge is 2.78. The monoisotopic (exact) mass is 394 g/mol. The third-order valence-electron chi connectivity index (χ3n) is 3.65. The summed E-state index contributed by atoms with van der Waals surface area (Å²) in [4.78, 5) is -2.46. The molecule has 0 saturated heterocycles. The van der Waals surface area contributed by atoms with Gasteiger partial charge in [0.2, 0.25) is 0 Å². The molecule has 0 aliphatic heterocycles. The summed E-state index contributed by atoms with van der Waals surface area (Å²) >= 11 is 38.1. The molecule has 0 heterocycles. The fraction of sp³-hybridized carbons (Fsp3) is 0.692. The van der Waals surface area contributed by atoms with E-state index in [1.54, 1.807) is 13.8 Å². The summed E-state index contributed by atoms with van der Waals surface area (Å²) in [5.41, 5.74) is -1.08. The zero-order valence-corrected chi connectivity index (χ0v) is 15.2. The van der Waals surface area contributed by atoms with Crippen molar-refractivity contribution in [3.63, 3.8) is 0 Å². The highest BCUT2D eigenvalue weighted by molar-refractivity contribution is 6.65. The first-order valence-corrected chi connectivity index (χ1v) is 8.19. The van der Waals surface area contributed by atoms with E-state index in [-0.39, 0.29) is 16.0 Å². The Balaban J connectivity index is 2.35. The normalized spacial score (nSPS) is 39.0. The number of alkyl halides is 4. The highest BCUT2D eigenvalue weighted by Crippen LogP contribution is 2.74. The molecule has 2 aliphatic carbocycles. The van der Waals surface area contributed by atoms with Crippen LogP contribution in [0.5, 0.6) is 0 Å². The van der Waals surface area contributed by atoms with E-state index in [2.05, 4.69) is 11.8 Å². The zero-order chi connectivity index (χ0) is 15.6. The van der Waals surface area contributed by atoms with Gasteiger partial charge in [0, 0.05) is 6.42 Å². The Bertz CT molecular complexity index is 537. The molecule has 3 atom stereocenters. The number of halogens is 6. The Kier molecular flexibility index (Phi) is 4.34. The Hall–Kier alpha value is 1.00. The van der Waals surface area contributed by atoms with Crippen LogP contribution in [0.1, 0.15) is 26.7 Å². The molecule has 1 saturated carbocycles. The lowest BCUT2D eigenvalue weighted by molar-refractivity contribution is 0.143. The van der Waals surface area contributed by atoms with Gasteiger partial charge in [0.1, 0.15) is 15.3 Å². The molecule has 0 aromatic rings. The van der Waals surface area contributed by atoms with E-state index >= 15 is 0 Å². The van der Waals surface area contributed by atoms with Crippen LogP contribution >= 0.6 is 69.6 Å². The van der Waals surface area contributed by atoms with Gasteiger partial charge >= 0.3 is 0 Å². The van der Waals surface area contributed by atoms with Crippen LogP contribution in [0, 0.1) is 17.8 Å². The predicted molar refractivity (Wildman–Crippen MR) is 87.1 cm³/mol. The Morgan fingerprint density at radius 2 is 1.75 bits per heavy atom. The Morgan fingerprint density at radius 3 is 2.15 bits per heavy atom. The highest BCUT2D eigenvalue weighted by atomic mass is 35.5. The van der Waals surface area contributed by atoms with Gasteiger partial charge in [-0.1, -0.05) is 58.2 Å². The number of hydrogen-bond acceptors (Lipinski definition) is 1. The molecule has 20 heavy (non-hydrogen) atoms. The van der Waals surface area contributed by atoms with Crippen LogP contribution in [0.25, 0.3) is 0 Å². The largest absolute Gasteiger partial charge is 0.378 e. The molecule has 1 fully saturated rings. The summed E-state index contributed by atoms with van der Waals surface area (Å²) in [6, 6.07) is 0. The van der Waals surface area contributed by atoms with E-state index in [4.69, 9.17) is 69.6 Å². The van der Waals surface area contributed by atoms with Crippen LogP contribution in [0.2, 0.25) is 0 Å². The maximum Gasteiger partial charge on any atom is 0.166 e. The number of aliphatic hydroxyl groups is 1. The Morgan fingerprint density at radius 1 is 1.20 bits per heavy atom. The maximum absolute atomic E-state index is 9.59. The molecule has 112 valence electrons. The molecule has 2 aliphatic rings. The Labute approximate surface area is 148 Å². The second-order valence-corrected chi connectivity index (χ2v) is 9.01. The smallest absolute Gasteiger partial charge is 0.166 e. The molecule has 1 nitrogen and oxygen atoms in total. The molecular weight excluding hydrogens is 385 g/mol. The minimum absolute atomic E-state index is 0.183. The summed E-state index contributed by atoms with van der Waals surface area (Å²) in [7, 11) is 0. The number of allylic oxidation sites excluding steroid dienone is 2. The number of fused-ring (bicyclic) bond motifs is 2. The quantitative estimate of drug-likeness (QED) is 0.488. The van der Waals surface area contributed by atoms with Crippen LogP contribution < -0.4 is 0 Å². The molecule has 1 N–H and O–H groups in total. The average molecular weight is 397 g/mol. The fourth-order valence-corrected chi connectivity index (χ4v) is 5.48. The second-order valence-electron chi connectivity index (χ2n) is 5.68. The van der Waals surface area contributed by atoms with Gasteiger partial charge < -0.3 is 5.11 Å². The van der Waals surface area contributed by atoms with Crippen LogP contribution in [-0.2, 0) is 0 Å². The van der Waals surface area contributed by atoms with E-state index in [0.717, 1.165) is 0 Å². The molecular formula is C13H12Cl6O. The lowest BCUT2D eigenvalue weighted by Crippen LogP contribution is -2.44. The molecule has 0 amide bonds. The summed E-state index contributed by atoms with van der Waals surface area (Å²) in [5, 5.41) is 9.98. The predicted octanol–water partition coefficient (Wildman–Crippen LogP) is 5.00. The van der Waals surface area contributed by atoms with E-state index in [1.807, 2.05) is 0 Å². The molecule has 0 aromatic carbocycles. The van der Waals surface area contributed by atoms with Crippen molar-refractivity contribution in [2.45, 2.75) is 46.4 Å². The van der Waals surface area contributed by atoms with Crippen molar-refractivity contribution in [1.29, 1.82) is 0 Å². The number of hydrogen-bond donors (Lipinski definition) is 1. The van der Waals surface area contributed by atoms with Gasteiger partial charge in [0.25, 0.3) is 0 Å². The molecule has 0 spiro atoms. The van der Waals surface area contributed by atoms with E-state index < -0.39 is 19.7 Å². The standard InChI is InChI=1S/C13H12Cl6O/c1-10(2,20)5-3-4-7-6-11(16)8(14)9(15)12(7,17)13(11,18)19/h7,20H,4,6H2,1-2H3/t7-,11+,12+/m0/s1. The van der Waals surface area contributed by atoms with Crippen LogP contribution in [0.4, 0.5) is 0 Å². The van der Waals surface area contributed by atoms with Crippen molar-refractivity contribution in [3.05, 3.63) is 10.1 Å². The lowest BCUT2D eigenvalue weighted by Gasteiger charge is -2.33. The lowest BCUT2D eigenvalue weighted by atomic mass is 9.89. The first-order valence-electron chi connectivity index (χ1n) is 5.92. The van der Waals surface area contributed by atoms with Crippen molar-refractivity contribution in [2.24, 2.45) is 5.92 Å². The van der Waals surface area contributed by atoms with E-state index in [1.165, 1.54) is 0 Å². The number of rotatable bonds is 1. The van der Waals surface area contributed by atoms with Gasteiger partial charge in [-0.25, -0.2) is 0 Å². The minimum Gasteiger partial charge on any atom is -0.378 e. The van der Waals surface area contributed by atoms with Crippen LogP contribution in [0.15, 0.2) is 10.1 Å². The van der Waals surface area contributed by atoms with Gasteiger partial charge in [0.05, 0.1) is 10.1 Å². The second kappa shape index (κ2) is 5.00. The third-order valence-corrected chi connectivity index (χ3v) is 7.97. The molecule has 0 aromatic heterocycles. The van der Waals surface area contributed by atoms with Crippen LogP contribution in [0.3, 0.4) is 0 Å². The van der Waals surface area contributed by atoms with Gasteiger partial charge in [-0.3, -0.25) is 0 Å². The first kappa shape index (κ1) is 17.4. The van der Waals surface area contributed by atoms with Gasteiger partial charge in [-0.05, 0) is 26.2 Å². The zero-order valence-electron chi connectivity index (χ0n) is 10.7. The van der Waals surface area contributed by atoms with Gasteiger partial charge in [0.15, 0.2) is 4.33 Å². The SMILES string of the molecule is CC(C)(O)C#CC[C@H]1C[C@@]2(Cl)C(Cl)=C(Cl)[C@@]1(Cl)C2(Cl)Cl. The average Bonchev–Trinajstić information content (AvgIpc) is 2.50. The molecule has 2 rings (SSSR count). The molecule has 0 unspecified atom stereocenters. The maximum atomic E-state index is 9.59. The van der Waals surface area contributed by atoms with Crippen molar-refractivity contribution >= 4 is 69.6 Å². The molecule has 2 bridgehead atoms. The summed E-state index contributed by atoms with van der Waals surface area (Å²) < 4.78 is -1.50. The van der Waals surface area contributed by atoms with Crippen molar-refractivity contribution in [1.82, 2.24) is 0 Å². The first-order chi connectivity index (χ1) is 8.88.